The van der Waals surface area contributed by atoms with Crippen molar-refractivity contribution in [2.45, 2.75) is 31.0 Å². The van der Waals surface area contributed by atoms with E-state index in [1.165, 1.54) is 18.1 Å². The molecule has 0 spiro atoms. The minimum Gasteiger partial charge on any atom is -0.495 e. The van der Waals surface area contributed by atoms with Crippen molar-refractivity contribution in [2.75, 3.05) is 18.6 Å². The Labute approximate surface area is 184 Å². The first-order valence-corrected chi connectivity index (χ1v) is 10.3. The molecule has 2 aliphatic heterocycles. The molecule has 2 N–H and O–H groups in total. The Balaban J connectivity index is 1.49. The predicted molar refractivity (Wildman–Crippen MR) is 114 cm³/mol. The van der Waals surface area contributed by atoms with Crippen LogP contribution in [0.3, 0.4) is 0 Å². The van der Waals surface area contributed by atoms with Gasteiger partial charge in [0, 0.05) is 17.6 Å². The lowest BCUT2D eigenvalue weighted by Crippen LogP contribution is -2.50. The summed E-state index contributed by atoms with van der Waals surface area (Å²) in [5.41, 5.74) is 0.781. The average molecular weight is 444 g/mol. The Morgan fingerprint density at radius 3 is 2.68 bits per heavy atom. The zero-order valence-electron chi connectivity index (χ0n) is 16.8. The fourth-order valence-corrected chi connectivity index (χ4v) is 4.22. The quantitative estimate of drug-likeness (QED) is 0.692. The van der Waals surface area contributed by atoms with Crippen LogP contribution in [0.25, 0.3) is 0 Å². The van der Waals surface area contributed by atoms with Gasteiger partial charge in [0.15, 0.2) is 6.10 Å². The van der Waals surface area contributed by atoms with Crippen LogP contribution in [0.4, 0.5) is 10.5 Å². The smallest absolute Gasteiger partial charge is 0.332 e. The highest BCUT2D eigenvalue weighted by Gasteiger charge is 2.49. The Morgan fingerprint density at radius 1 is 1.23 bits per heavy atom. The van der Waals surface area contributed by atoms with Crippen LogP contribution in [0, 0.1) is 0 Å². The maximum atomic E-state index is 13.1. The van der Waals surface area contributed by atoms with Crippen LogP contribution in [0.1, 0.15) is 24.5 Å². The van der Waals surface area contributed by atoms with Crippen molar-refractivity contribution in [1.29, 1.82) is 0 Å². The van der Waals surface area contributed by atoms with Crippen molar-refractivity contribution in [1.82, 2.24) is 10.2 Å². The van der Waals surface area contributed by atoms with Gasteiger partial charge >= 0.3 is 6.03 Å². The molecular formula is C22H22ClN3O5. The van der Waals surface area contributed by atoms with Gasteiger partial charge in [-0.05, 0) is 36.6 Å². The molecule has 2 heterocycles. The van der Waals surface area contributed by atoms with Crippen LogP contribution >= 0.6 is 11.6 Å². The summed E-state index contributed by atoms with van der Waals surface area (Å²) >= 11 is 6.07. The van der Waals surface area contributed by atoms with Crippen LogP contribution in [0.15, 0.2) is 48.5 Å². The van der Waals surface area contributed by atoms with Gasteiger partial charge in [-0.3, -0.25) is 9.59 Å². The van der Waals surface area contributed by atoms with E-state index in [9.17, 15) is 19.5 Å². The number of urea groups is 1. The Morgan fingerprint density at radius 2 is 1.97 bits per heavy atom. The monoisotopic (exact) mass is 443 g/mol. The molecule has 162 valence electrons. The van der Waals surface area contributed by atoms with E-state index < -0.39 is 30.0 Å². The minimum atomic E-state index is -1.30. The topological polar surface area (TPSA) is 99.2 Å². The van der Waals surface area contributed by atoms with Gasteiger partial charge in [0.25, 0.3) is 11.8 Å². The number of carbonyl (C=O) groups is 3. The highest BCUT2D eigenvalue weighted by molar-refractivity contribution is 6.31. The highest BCUT2D eigenvalue weighted by Crippen LogP contribution is 2.37. The normalized spacial score (nSPS) is 21.6. The van der Waals surface area contributed by atoms with Crippen LogP contribution in [-0.2, 0) is 9.59 Å². The number of hydrogen-bond donors (Lipinski definition) is 2. The summed E-state index contributed by atoms with van der Waals surface area (Å²) in [5, 5.41) is 13.5. The second-order valence-electron chi connectivity index (χ2n) is 7.52. The van der Waals surface area contributed by atoms with E-state index in [1.807, 2.05) is 0 Å². The van der Waals surface area contributed by atoms with Crippen LogP contribution in [0.5, 0.6) is 5.75 Å². The number of halogens is 1. The molecule has 31 heavy (non-hydrogen) atoms. The third-order valence-corrected chi connectivity index (χ3v) is 5.87. The number of nitrogens with zero attached hydrogens (tertiary/aromatic N) is 2. The van der Waals surface area contributed by atoms with Gasteiger partial charge in [-0.25, -0.2) is 9.69 Å². The zero-order valence-corrected chi connectivity index (χ0v) is 17.6. The molecule has 2 saturated heterocycles. The Kier molecular flexibility index (Phi) is 5.84. The summed E-state index contributed by atoms with van der Waals surface area (Å²) in [6.07, 6.45) is -0.562. The van der Waals surface area contributed by atoms with Crippen molar-refractivity contribution >= 4 is 35.1 Å². The molecule has 0 aliphatic carbocycles. The number of benzene rings is 2. The van der Waals surface area contributed by atoms with Gasteiger partial charge in [-0.15, -0.1) is 0 Å². The van der Waals surface area contributed by atoms with Crippen molar-refractivity contribution < 1.29 is 24.2 Å². The van der Waals surface area contributed by atoms with Gasteiger partial charge < -0.3 is 20.1 Å². The number of carbonyl (C=O) groups excluding carboxylic acids is 3. The number of aliphatic hydroxyl groups is 1. The number of nitrogens with one attached hydrogen (secondary N) is 1. The third-order valence-electron chi connectivity index (χ3n) is 5.64. The number of hydrogen-bond acceptors (Lipinski definition) is 5. The number of imide groups is 1. The summed E-state index contributed by atoms with van der Waals surface area (Å²) in [6.45, 7) is 0.307. The predicted octanol–water partition coefficient (Wildman–Crippen LogP) is 2.50. The number of methoxy groups -OCH3 is 1. The van der Waals surface area contributed by atoms with Crippen LogP contribution in [-0.4, -0.2) is 53.6 Å². The lowest BCUT2D eigenvalue weighted by atomic mass is 9.97. The maximum absolute atomic E-state index is 13.1. The van der Waals surface area contributed by atoms with Crippen molar-refractivity contribution in [3.8, 4) is 5.75 Å². The highest BCUT2D eigenvalue weighted by atomic mass is 35.5. The number of piperidine rings is 1. The fourth-order valence-electron chi connectivity index (χ4n) is 4.06. The molecule has 3 atom stereocenters. The molecule has 3 unspecified atom stereocenters. The standard InChI is InChI=1S/C22H22ClN3O5/c1-31-18-8-7-14(23)11-16(18)26-21(29)17-12-15(9-10-25(17)22(26)30)24-20(28)19(27)13-5-3-2-4-6-13/h2-8,11,15,17,19,27H,9-10,12H2,1H3,(H,24,28). The van der Waals surface area contributed by atoms with Gasteiger partial charge in [0.05, 0.1) is 12.8 Å². The van der Waals surface area contributed by atoms with Gasteiger partial charge in [0.2, 0.25) is 0 Å². The first kappa shape index (κ1) is 21.1. The molecule has 0 aromatic heterocycles. The minimum absolute atomic E-state index is 0.261. The molecule has 2 fully saturated rings. The van der Waals surface area contributed by atoms with E-state index in [2.05, 4.69) is 5.32 Å². The van der Waals surface area contributed by atoms with E-state index in [0.717, 1.165) is 4.90 Å². The molecule has 4 amide bonds. The van der Waals surface area contributed by atoms with E-state index in [1.54, 1.807) is 42.5 Å². The molecular weight excluding hydrogens is 422 g/mol. The largest absolute Gasteiger partial charge is 0.495 e. The Bertz CT molecular complexity index is 1020. The van der Waals surface area contributed by atoms with E-state index >= 15 is 0 Å². The molecule has 0 saturated carbocycles. The molecule has 0 radical (unpaired) electrons. The number of anilines is 1. The zero-order chi connectivity index (χ0) is 22.1. The van der Waals surface area contributed by atoms with E-state index in [4.69, 9.17) is 16.3 Å². The molecule has 2 aromatic carbocycles. The Hall–Kier alpha value is -3.10. The summed E-state index contributed by atoms with van der Waals surface area (Å²) in [4.78, 5) is 41.1. The molecule has 2 aromatic rings. The van der Waals surface area contributed by atoms with Crippen LogP contribution in [0.2, 0.25) is 5.02 Å². The van der Waals surface area contributed by atoms with Crippen LogP contribution < -0.4 is 15.0 Å². The number of fused-ring (bicyclic) bond motifs is 1. The molecule has 4 rings (SSSR count). The molecule has 9 heteroatoms. The third kappa shape index (κ3) is 3.96. The van der Waals surface area contributed by atoms with Gasteiger partial charge in [-0.1, -0.05) is 41.9 Å². The van der Waals surface area contributed by atoms with E-state index in [-0.39, 0.29) is 12.5 Å². The number of rotatable bonds is 5. The lowest BCUT2D eigenvalue weighted by molar-refractivity contribution is -0.131. The number of amides is 4. The molecule has 8 nitrogen and oxygen atoms in total. The second kappa shape index (κ2) is 8.56. The lowest BCUT2D eigenvalue weighted by Gasteiger charge is -2.33. The van der Waals surface area contributed by atoms with Crippen molar-refractivity contribution in [3.05, 3.63) is 59.1 Å². The summed E-state index contributed by atoms with van der Waals surface area (Å²) < 4.78 is 5.30. The summed E-state index contributed by atoms with van der Waals surface area (Å²) in [5.74, 6) is -0.565. The summed E-state index contributed by atoms with van der Waals surface area (Å²) in [7, 11) is 1.45. The maximum Gasteiger partial charge on any atom is 0.332 e. The average Bonchev–Trinajstić information content (AvgIpc) is 3.03. The first-order valence-electron chi connectivity index (χ1n) is 9.92. The van der Waals surface area contributed by atoms with Gasteiger partial charge in [0.1, 0.15) is 11.8 Å². The second-order valence-corrected chi connectivity index (χ2v) is 7.96. The SMILES string of the molecule is COc1ccc(Cl)cc1N1C(=O)C2CC(NC(=O)C(O)c3ccccc3)CCN2C1=O. The fraction of sp³-hybridized carbons (Fsp3) is 0.318. The summed E-state index contributed by atoms with van der Waals surface area (Å²) in [6, 6.07) is 11.9. The van der Waals surface area contributed by atoms with E-state index in [0.29, 0.717) is 35.0 Å². The van der Waals surface area contributed by atoms with Crippen molar-refractivity contribution in [3.63, 3.8) is 0 Å². The first-order chi connectivity index (χ1) is 14.9. The molecule has 0 bridgehead atoms. The number of ether oxygens (including phenoxy) is 1. The number of aliphatic hydroxyl groups excluding tert-OH is 1. The van der Waals surface area contributed by atoms with Gasteiger partial charge in [-0.2, -0.15) is 0 Å². The van der Waals surface area contributed by atoms with Crippen molar-refractivity contribution in [2.24, 2.45) is 0 Å². The molecule has 2 aliphatic rings.